The number of fused-ring (bicyclic) bond motifs is 5. The Kier molecular flexibility index (Phi) is 4.88. The van der Waals surface area contributed by atoms with Crippen molar-refractivity contribution in [3.63, 3.8) is 0 Å². The first-order chi connectivity index (χ1) is 14.2. The van der Waals surface area contributed by atoms with Crippen molar-refractivity contribution in [2.75, 3.05) is 0 Å². The Morgan fingerprint density at radius 1 is 1.10 bits per heavy atom. The van der Waals surface area contributed by atoms with E-state index in [2.05, 4.69) is 79.7 Å². The molecule has 0 saturated carbocycles. The Balaban J connectivity index is 2.06. The van der Waals surface area contributed by atoms with Crippen molar-refractivity contribution in [3.05, 3.63) is 46.5 Å². The molecule has 3 nitrogen and oxygen atoms in total. The zero-order valence-electron chi connectivity index (χ0n) is 20.1. The summed E-state index contributed by atoms with van der Waals surface area (Å²) in [5.41, 5.74) is 5.19. The first-order valence-corrected chi connectivity index (χ1v) is 11.2. The molecule has 0 bridgehead atoms. The molecule has 2 aliphatic heterocycles. The zero-order chi connectivity index (χ0) is 22.9. The van der Waals surface area contributed by atoms with Crippen molar-refractivity contribution in [1.82, 2.24) is 0 Å². The summed E-state index contributed by atoms with van der Waals surface area (Å²) in [5, 5.41) is 0. The van der Waals surface area contributed by atoms with Gasteiger partial charge in [0, 0.05) is 12.0 Å². The van der Waals surface area contributed by atoms with Gasteiger partial charge in [0.15, 0.2) is 5.78 Å². The molecule has 0 aliphatic carbocycles. The van der Waals surface area contributed by atoms with Gasteiger partial charge in [-0.3, -0.25) is 4.79 Å². The van der Waals surface area contributed by atoms with Crippen LogP contribution in [0, 0.1) is 12.3 Å². The summed E-state index contributed by atoms with van der Waals surface area (Å²) < 4.78 is 12.8. The molecule has 2 heterocycles. The fourth-order valence-electron chi connectivity index (χ4n) is 5.52. The highest BCUT2D eigenvalue weighted by atomic mass is 16.5. The number of hydrogen-bond acceptors (Lipinski definition) is 3. The Morgan fingerprint density at radius 2 is 1.77 bits per heavy atom. The molecule has 0 amide bonds. The molecule has 2 radical (unpaired) electrons. The van der Waals surface area contributed by atoms with Gasteiger partial charge in [-0.1, -0.05) is 58.4 Å². The van der Waals surface area contributed by atoms with Crippen LogP contribution in [0.3, 0.4) is 0 Å². The van der Waals surface area contributed by atoms with Crippen molar-refractivity contribution < 1.29 is 14.3 Å². The quantitative estimate of drug-likeness (QED) is 0.527. The van der Waals surface area contributed by atoms with Crippen LogP contribution in [0.4, 0.5) is 0 Å². The normalized spacial score (nSPS) is 19.6. The van der Waals surface area contributed by atoms with Gasteiger partial charge in [-0.2, -0.15) is 0 Å². The van der Waals surface area contributed by atoms with Gasteiger partial charge >= 0.3 is 0 Å². The van der Waals surface area contributed by atoms with Crippen LogP contribution in [-0.4, -0.2) is 19.6 Å². The predicted molar refractivity (Wildman–Crippen MR) is 126 cm³/mol. The predicted octanol–water partition coefficient (Wildman–Crippen LogP) is 6.46. The van der Waals surface area contributed by atoms with E-state index in [4.69, 9.17) is 17.3 Å². The van der Waals surface area contributed by atoms with Crippen molar-refractivity contribution in [1.29, 1.82) is 0 Å². The number of hydrogen-bond donors (Lipinski definition) is 0. The molecule has 4 rings (SSSR count). The third-order valence-electron chi connectivity index (χ3n) is 6.34. The fourth-order valence-corrected chi connectivity index (χ4v) is 5.52. The fraction of sp³-hybridized carbons (Fsp3) is 0.519. The molecular formula is C27H33BO3. The number of aryl methyl sites for hydroxylation is 1. The Labute approximate surface area is 187 Å². The molecule has 162 valence electrons. The third-order valence-corrected chi connectivity index (χ3v) is 6.34. The van der Waals surface area contributed by atoms with E-state index in [9.17, 15) is 4.79 Å². The lowest BCUT2D eigenvalue weighted by atomic mass is 9.69. The summed E-state index contributed by atoms with van der Waals surface area (Å²) in [5.74, 6) is 1.40. The first-order valence-electron chi connectivity index (χ1n) is 11.2. The summed E-state index contributed by atoms with van der Waals surface area (Å²) >= 11 is 0. The maximum absolute atomic E-state index is 13.3. The molecule has 4 heteroatoms. The lowest BCUT2D eigenvalue weighted by molar-refractivity contribution is 0.0900. The van der Waals surface area contributed by atoms with Crippen LogP contribution in [0.25, 0.3) is 11.1 Å². The van der Waals surface area contributed by atoms with Crippen LogP contribution in [0.15, 0.2) is 24.3 Å². The molecule has 0 saturated heterocycles. The van der Waals surface area contributed by atoms with Crippen LogP contribution >= 0.6 is 0 Å². The second-order valence-corrected chi connectivity index (χ2v) is 11.6. The minimum atomic E-state index is -0.645. The maximum atomic E-state index is 13.3. The number of ketones is 1. The van der Waals surface area contributed by atoms with E-state index < -0.39 is 11.6 Å². The molecule has 1 atom stereocenters. The summed E-state index contributed by atoms with van der Waals surface area (Å²) in [4.78, 5) is 13.3. The number of carbonyl (C=O) groups is 1. The van der Waals surface area contributed by atoms with E-state index in [1.165, 1.54) is 0 Å². The summed E-state index contributed by atoms with van der Waals surface area (Å²) in [7, 11) is 6.15. The van der Waals surface area contributed by atoms with Gasteiger partial charge in [-0.05, 0) is 55.2 Å². The summed E-state index contributed by atoms with van der Waals surface area (Å²) in [6.45, 7) is 17.3. The second-order valence-electron chi connectivity index (χ2n) is 11.6. The monoisotopic (exact) mass is 416 g/mol. The molecule has 2 aromatic carbocycles. The lowest BCUT2D eigenvalue weighted by Crippen LogP contribution is -2.35. The Morgan fingerprint density at radius 3 is 2.42 bits per heavy atom. The molecule has 0 aromatic heterocycles. The molecule has 2 aliphatic rings. The molecule has 0 N–H and O–H groups in total. The van der Waals surface area contributed by atoms with Gasteiger partial charge in [-0.25, -0.2) is 0 Å². The Bertz CT molecular complexity index is 1070. The highest BCUT2D eigenvalue weighted by Gasteiger charge is 2.42. The average Bonchev–Trinajstić information content (AvgIpc) is 2.57. The van der Waals surface area contributed by atoms with Crippen molar-refractivity contribution in [3.8, 4) is 22.6 Å². The largest absolute Gasteiger partial charge is 0.498 e. The van der Waals surface area contributed by atoms with Crippen LogP contribution in [0.2, 0.25) is 0 Å². The average molecular weight is 416 g/mol. The van der Waals surface area contributed by atoms with E-state index in [-0.39, 0.29) is 23.0 Å². The number of carbonyl (C=O) groups excluding carboxylic acids is 1. The molecule has 31 heavy (non-hydrogen) atoms. The second kappa shape index (κ2) is 6.89. The SMILES string of the molecule is [B]C1CC(=O)c2c(C(C)(C)CC(C)(C)C)cc3c(c2O1)-c1cc(C)ccc1C(C)(C)O3. The van der Waals surface area contributed by atoms with E-state index >= 15 is 0 Å². The summed E-state index contributed by atoms with van der Waals surface area (Å²) in [6.07, 6.45) is 1.11. The van der Waals surface area contributed by atoms with Gasteiger partial charge in [0.05, 0.1) is 17.1 Å². The smallest absolute Gasteiger partial charge is 0.169 e. The van der Waals surface area contributed by atoms with E-state index in [0.29, 0.717) is 11.3 Å². The van der Waals surface area contributed by atoms with E-state index in [0.717, 1.165) is 40.0 Å². The van der Waals surface area contributed by atoms with E-state index in [1.54, 1.807) is 0 Å². The topological polar surface area (TPSA) is 35.5 Å². The zero-order valence-corrected chi connectivity index (χ0v) is 20.1. The van der Waals surface area contributed by atoms with Crippen LogP contribution in [0.5, 0.6) is 11.5 Å². The van der Waals surface area contributed by atoms with Gasteiger partial charge in [-0.15, -0.1) is 0 Å². The minimum absolute atomic E-state index is 0.0487. The van der Waals surface area contributed by atoms with Crippen molar-refractivity contribution >= 4 is 13.6 Å². The number of benzene rings is 2. The van der Waals surface area contributed by atoms with Gasteiger partial charge in [0.1, 0.15) is 24.9 Å². The number of rotatable bonds is 2. The molecule has 2 aromatic rings. The van der Waals surface area contributed by atoms with Gasteiger partial charge < -0.3 is 9.47 Å². The molecule has 0 fully saturated rings. The Hall–Kier alpha value is -2.23. The molecule has 0 spiro atoms. The summed E-state index contributed by atoms with van der Waals surface area (Å²) in [6, 6.07) is 7.81. The number of Topliss-reactive ketones (excluding diaryl/α,β-unsaturated/α-hetero) is 1. The van der Waals surface area contributed by atoms with Crippen LogP contribution < -0.4 is 9.47 Å². The van der Waals surface area contributed by atoms with Gasteiger partial charge in [0.2, 0.25) is 0 Å². The highest BCUT2D eigenvalue weighted by molar-refractivity contribution is 6.16. The van der Waals surface area contributed by atoms with Crippen molar-refractivity contribution in [2.24, 2.45) is 5.41 Å². The van der Waals surface area contributed by atoms with Gasteiger partial charge in [0.25, 0.3) is 0 Å². The van der Waals surface area contributed by atoms with E-state index in [1.807, 2.05) is 0 Å². The highest BCUT2D eigenvalue weighted by Crippen LogP contribution is 2.55. The maximum Gasteiger partial charge on any atom is 0.169 e. The lowest BCUT2D eigenvalue weighted by Gasteiger charge is -2.41. The minimum Gasteiger partial charge on any atom is -0.498 e. The van der Waals surface area contributed by atoms with Crippen LogP contribution in [-0.2, 0) is 11.0 Å². The molecular weight excluding hydrogens is 383 g/mol. The third kappa shape index (κ3) is 3.79. The van der Waals surface area contributed by atoms with Crippen molar-refractivity contribution in [2.45, 2.75) is 85.3 Å². The molecule has 1 unspecified atom stereocenters. The number of ether oxygens (including phenoxy) is 2. The first kappa shape index (κ1) is 22.0. The standard InChI is InChI=1S/C27H33BO3/c1-15-9-10-17-16(11-15)22-20(31-27(17,7)8)12-18(26(5,6)14-25(2,3)4)23-19(29)13-21(28)30-24(22)23/h9-12,21H,13-14H2,1-8H3. The van der Waals surface area contributed by atoms with Crippen LogP contribution in [0.1, 0.15) is 88.4 Å².